The molecule has 190 valence electrons. The SMILES string of the molecule is COc1ccc2nc(N3C(=O)C(=O)/C(=C(/O)c4c[nH]c5ccccc45)C3c3ccc(N(C)C)cc3)[nH]c2c1. The number of methoxy groups -OCH3 is 1. The molecule has 1 aliphatic heterocycles. The van der Waals surface area contributed by atoms with Crippen LogP contribution in [0.15, 0.2) is 78.5 Å². The number of ether oxygens (including phenoxy) is 1. The van der Waals surface area contributed by atoms with Crippen LogP contribution in [0.25, 0.3) is 27.7 Å². The van der Waals surface area contributed by atoms with Crippen LogP contribution in [0.4, 0.5) is 11.6 Å². The number of fused-ring (bicyclic) bond motifs is 2. The summed E-state index contributed by atoms with van der Waals surface area (Å²) in [6.45, 7) is 0. The molecule has 1 aliphatic rings. The first-order valence-electron chi connectivity index (χ1n) is 12.1. The Kier molecular flexibility index (Phi) is 5.41. The van der Waals surface area contributed by atoms with Crippen LogP contribution in [-0.2, 0) is 9.59 Å². The molecule has 0 aliphatic carbocycles. The molecule has 1 fully saturated rings. The number of H-pyrrole nitrogens is 2. The summed E-state index contributed by atoms with van der Waals surface area (Å²) in [7, 11) is 5.43. The Morgan fingerprint density at radius 3 is 2.53 bits per heavy atom. The Hall–Kier alpha value is -5.05. The number of aliphatic hydroxyl groups is 1. The first kappa shape index (κ1) is 23.4. The number of hydrogen-bond donors (Lipinski definition) is 3. The Balaban J connectivity index is 1.56. The second-order valence-electron chi connectivity index (χ2n) is 9.35. The molecule has 3 N–H and O–H groups in total. The van der Waals surface area contributed by atoms with Crippen molar-refractivity contribution >= 4 is 51.0 Å². The van der Waals surface area contributed by atoms with Crippen molar-refractivity contribution in [3.8, 4) is 5.75 Å². The van der Waals surface area contributed by atoms with Crippen molar-refractivity contribution in [3.63, 3.8) is 0 Å². The van der Waals surface area contributed by atoms with E-state index in [9.17, 15) is 14.7 Å². The summed E-state index contributed by atoms with van der Waals surface area (Å²) in [4.78, 5) is 41.3. The lowest BCUT2D eigenvalue weighted by molar-refractivity contribution is -0.132. The molecule has 0 saturated carbocycles. The standard InChI is InChI=1S/C29H25N5O4/c1-33(2)17-10-8-16(9-11-17)25-24(26(35)20-15-30-21-7-5-4-6-19(20)21)27(36)28(37)34(25)29-31-22-13-12-18(38-3)14-23(22)32-29/h4-15,25,30,35H,1-3H3,(H,31,32)/b26-24+. The van der Waals surface area contributed by atoms with Gasteiger partial charge in [-0.1, -0.05) is 30.3 Å². The summed E-state index contributed by atoms with van der Waals surface area (Å²) in [6, 6.07) is 19.4. The predicted octanol–water partition coefficient (Wildman–Crippen LogP) is 4.75. The van der Waals surface area contributed by atoms with Crippen LogP contribution in [-0.4, -0.2) is 53.0 Å². The lowest BCUT2D eigenvalue weighted by Crippen LogP contribution is -2.30. The number of carbonyl (C=O) groups excluding carboxylic acids is 2. The second-order valence-corrected chi connectivity index (χ2v) is 9.35. The first-order valence-corrected chi connectivity index (χ1v) is 12.1. The monoisotopic (exact) mass is 507 g/mol. The van der Waals surface area contributed by atoms with Crippen molar-refractivity contribution < 1.29 is 19.4 Å². The minimum absolute atomic E-state index is 0.00427. The quantitative estimate of drug-likeness (QED) is 0.180. The lowest BCUT2D eigenvalue weighted by Gasteiger charge is -2.23. The molecule has 0 bridgehead atoms. The number of ketones is 1. The van der Waals surface area contributed by atoms with Crippen molar-refractivity contribution in [2.45, 2.75) is 6.04 Å². The van der Waals surface area contributed by atoms with Crippen LogP contribution >= 0.6 is 0 Å². The van der Waals surface area contributed by atoms with E-state index in [1.807, 2.05) is 67.5 Å². The lowest BCUT2D eigenvalue weighted by atomic mass is 9.95. The fraction of sp³-hybridized carbons (Fsp3) is 0.138. The number of para-hydroxylation sites is 1. The van der Waals surface area contributed by atoms with Gasteiger partial charge in [0.25, 0.3) is 5.78 Å². The van der Waals surface area contributed by atoms with Gasteiger partial charge in [-0.05, 0) is 35.9 Å². The molecule has 1 amide bonds. The molecular formula is C29H25N5O4. The number of Topliss-reactive ketones (excluding diaryl/α,β-unsaturated/α-hetero) is 1. The number of benzene rings is 3. The highest BCUT2D eigenvalue weighted by Gasteiger charge is 2.48. The smallest absolute Gasteiger partial charge is 0.302 e. The van der Waals surface area contributed by atoms with Crippen LogP contribution in [0.1, 0.15) is 17.2 Å². The molecule has 1 atom stereocenters. The summed E-state index contributed by atoms with van der Waals surface area (Å²) in [5.74, 6) is -0.978. The zero-order chi connectivity index (χ0) is 26.6. The van der Waals surface area contributed by atoms with Crippen LogP contribution in [0.5, 0.6) is 5.75 Å². The minimum atomic E-state index is -0.901. The van der Waals surface area contributed by atoms with Gasteiger partial charge in [-0.3, -0.25) is 14.5 Å². The maximum atomic E-state index is 13.5. The van der Waals surface area contributed by atoms with Crippen LogP contribution < -0.4 is 14.5 Å². The van der Waals surface area contributed by atoms with Crippen molar-refractivity contribution in [2.24, 2.45) is 0 Å². The topological polar surface area (TPSA) is 115 Å². The third kappa shape index (κ3) is 3.59. The van der Waals surface area contributed by atoms with Gasteiger partial charge in [0.15, 0.2) is 0 Å². The van der Waals surface area contributed by atoms with Crippen LogP contribution in [0.3, 0.4) is 0 Å². The number of rotatable bonds is 5. The molecule has 0 spiro atoms. The van der Waals surface area contributed by atoms with E-state index in [4.69, 9.17) is 4.74 Å². The Bertz CT molecular complexity index is 1750. The van der Waals surface area contributed by atoms with Gasteiger partial charge < -0.3 is 24.7 Å². The first-order chi connectivity index (χ1) is 18.4. The van der Waals surface area contributed by atoms with Gasteiger partial charge >= 0.3 is 5.91 Å². The fourth-order valence-corrected chi connectivity index (χ4v) is 4.95. The minimum Gasteiger partial charge on any atom is -0.507 e. The maximum absolute atomic E-state index is 13.5. The van der Waals surface area contributed by atoms with Gasteiger partial charge in [-0.25, -0.2) is 4.98 Å². The molecule has 3 heterocycles. The van der Waals surface area contributed by atoms with Gasteiger partial charge in [0.05, 0.1) is 29.8 Å². The van der Waals surface area contributed by atoms with Gasteiger partial charge in [0.1, 0.15) is 11.5 Å². The number of aliphatic hydroxyl groups excluding tert-OH is 1. The molecule has 2 aromatic heterocycles. The number of amides is 1. The molecular weight excluding hydrogens is 482 g/mol. The highest BCUT2D eigenvalue weighted by Crippen LogP contribution is 2.43. The van der Waals surface area contributed by atoms with Gasteiger partial charge in [0, 0.05) is 48.5 Å². The number of aromatic nitrogens is 3. The zero-order valence-corrected chi connectivity index (χ0v) is 21.0. The third-order valence-corrected chi connectivity index (χ3v) is 6.92. The van der Waals surface area contributed by atoms with E-state index in [1.165, 1.54) is 4.90 Å². The van der Waals surface area contributed by atoms with E-state index in [2.05, 4.69) is 15.0 Å². The second kappa shape index (κ2) is 8.81. The van der Waals surface area contributed by atoms with E-state index in [-0.39, 0.29) is 17.3 Å². The molecule has 0 radical (unpaired) electrons. The summed E-state index contributed by atoms with van der Waals surface area (Å²) < 4.78 is 5.31. The summed E-state index contributed by atoms with van der Waals surface area (Å²) >= 11 is 0. The fourth-order valence-electron chi connectivity index (χ4n) is 4.95. The number of anilines is 2. The van der Waals surface area contributed by atoms with E-state index >= 15 is 0 Å². The van der Waals surface area contributed by atoms with Crippen LogP contribution in [0.2, 0.25) is 0 Å². The number of hydrogen-bond acceptors (Lipinski definition) is 6. The largest absolute Gasteiger partial charge is 0.507 e. The number of aromatic amines is 2. The highest BCUT2D eigenvalue weighted by molar-refractivity contribution is 6.51. The third-order valence-electron chi connectivity index (χ3n) is 6.92. The highest BCUT2D eigenvalue weighted by atomic mass is 16.5. The van der Waals surface area contributed by atoms with E-state index < -0.39 is 17.7 Å². The van der Waals surface area contributed by atoms with E-state index in [0.29, 0.717) is 27.9 Å². The number of nitrogens with one attached hydrogen (secondary N) is 2. The number of imidazole rings is 1. The maximum Gasteiger partial charge on any atom is 0.302 e. The Morgan fingerprint density at radius 2 is 1.79 bits per heavy atom. The number of carbonyl (C=O) groups is 2. The van der Waals surface area contributed by atoms with Crippen molar-refractivity contribution in [2.75, 3.05) is 31.0 Å². The van der Waals surface area contributed by atoms with Gasteiger partial charge in [0.2, 0.25) is 5.95 Å². The van der Waals surface area contributed by atoms with Crippen molar-refractivity contribution in [1.29, 1.82) is 0 Å². The Labute approximate surface area is 218 Å². The molecule has 5 aromatic rings. The number of nitrogens with zero attached hydrogens (tertiary/aromatic N) is 3. The normalized spacial score (nSPS) is 17.0. The van der Waals surface area contributed by atoms with Crippen LogP contribution in [0, 0.1) is 0 Å². The molecule has 38 heavy (non-hydrogen) atoms. The molecule has 1 saturated heterocycles. The molecule has 6 rings (SSSR count). The van der Waals surface area contributed by atoms with Gasteiger partial charge in [-0.2, -0.15) is 0 Å². The van der Waals surface area contributed by atoms with Gasteiger partial charge in [-0.15, -0.1) is 0 Å². The van der Waals surface area contributed by atoms with E-state index in [0.717, 1.165) is 16.6 Å². The molecule has 3 aromatic carbocycles. The molecule has 1 unspecified atom stereocenters. The predicted molar refractivity (Wildman–Crippen MR) is 146 cm³/mol. The summed E-state index contributed by atoms with van der Waals surface area (Å²) in [5.41, 5.74) is 4.13. The van der Waals surface area contributed by atoms with Crippen molar-refractivity contribution in [3.05, 3.63) is 89.6 Å². The summed E-state index contributed by atoms with van der Waals surface area (Å²) in [6.07, 6.45) is 1.65. The zero-order valence-electron chi connectivity index (χ0n) is 21.0. The Morgan fingerprint density at radius 1 is 1.03 bits per heavy atom. The van der Waals surface area contributed by atoms with Crippen molar-refractivity contribution in [1.82, 2.24) is 15.0 Å². The van der Waals surface area contributed by atoms with E-state index in [1.54, 1.807) is 31.5 Å². The molecule has 9 nitrogen and oxygen atoms in total. The summed E-state index contributed by atoms with van der Waals surface area (Å²) in [5, 5.41) is 12.3. The molecule has 9 heteroatoms. The average molecular weight is 508 g/mol. The average Bonchev–Trinajstić information content (AvgIpc) is 3.62.